The van der Waals surface area contributed by atoms with E-state index in [1.165, 1.54) is 24.4 Å². The lowest BCUT2D eigenvalue weighted by atomic mass is 10.2. The number of benzene rings is 2. The van der Waals surface area contributed by atoms with Gasteiger partial charge in [0.1, 0.15) is 5.82 Å². The fourth-order valence-electron chi connectivity index (χ4n) is 2.99. The van der Waals surface area contributed by atoms with Crippen LogP contribution in [0.15, 0.2) is 67.0 Å². The lowest BCUT2D eigenvalue weighted by molar-refractivity contribution is -0.137. The van der Waals surface area contributed by atoms with Crippen molar-refractivity contribution < 1.29 is 22.4 Å². The van der Waals surface area contributed by atoms with Crippen molar-refractivity contribution in [1.82, 2.24) is 15.0 Å². The Kier molecular flexibility index (Phi) is 6.37. The Morgan fingerprint density at radius 2 is 1.74 bits per heavy atom. The molecule has 7 nitrogen and oxygen atoms in total. The zero-order chi connectivity index (χ0) is 24.3. The Balaban J connectivity index is 1.48. The van der Waals surface area contributed by atoms with Crippen molar-refractivity contribution in [3.8, 4) is 11.4 Å². The zero-order valence-corrected chi connectivity index (χ0v) is 17.8. The van der Waals surface area contributed by atoms with Gasteiger partial charge in [-0.1, -0.05) is 11.6 Å². The number of alkyl halides is 3. The van der Waals surface area contributed by atoms with Crippen LogP contribution in [0.1, 0.15) is 5.56 Å². The van der Waals surface area contributed by atoms with Crippen LogP contribution in [0.5, 0.6) is 0 Å². The Labute approximate surface area is 195 Å². The molecule has 12 heteroatoms. The first-order valence-corrected chi connectivity index (χ1v) is 10.0. The molecule has 0 aliphatic rings. The van der Waals surface area contributed by atoms with Crippen molar-refractivity contribution in [2.75, 3.05) is 16.0 Å². The number of nitrogens with zero attached hydrogens (tertiary/aromatic N) is 2. The second-order valence-corrected chi connectivity index (χ2v) is 7.35. The number of anilines is 4. The molecule has 0 aliphatic carbocycles. The number of urea groups is 1. The predicted octanol–water partition coefficient (Wildman–Crippen LogP) is 6.67. The van der Waals surface area contributed by atoms with Gasteiger partial charge in [-0.3, -0.25) is 0 Å². The molecule has 2 amide bonds. The molecule has 0 aliphatic heterocycles. The molecule has 0 saturated heterocycles. The third kappa shape index (κ3) is 5.44. The van der Waals surface area contributed by atoms with Crippen molar-refractivity contribution in [1.29, 1.82) is 0 Å². The smallest absolute Gasteiger partial charge is 0.360 e. The monoisotopic (exact) mass is 490 g/mol. The molecule has 174 valence electrons. The standard InChI is InChI=1S/C22H15ClF4N6O/c23-15-5-3-12(10-14(15)22(25,26)27)30-21(34)31-13-4-6-16(24)19(11-13)33-20-29-9-7-18(32-20)17-2-1-8-28-17/h1-11,28H,(H,29,32,33)(H2,30,31,34). The van der Waals surface area contributed by atoms with E-state index < -0.39 is 28.6 Å². The van der Waals surface area contributed by atoms with E-state index in [1.807, 2.05) is 6.07 Å². The highest BCUT2D eigenvalue weighted by molar-refractivity contribution is 6.31. The lowest BCUT2D eigenvalue weighted by Gasteiger charge is -2.13. The minimum Gasteiger partial charge on any atom is -0.360 e. The molecule has 0 saturated carbocycles. The van der Waals surface area contributed by atoms with E-state index in [2.05, 4.69) is 30.9 Å². The van der Waals surface area contributed by atoms with Gasteiger partial charge >= 0.3 is 12.2 Å². The largest absolute Gasteiger partial charge is 0.417 e. The summed E-state index contributed by atoms with van der Waals surface area (Å²) in [7, 11) is 0. The van der Waals surface area contributed by atoms with Gasteiger partial charge in [0.25, 0.3) is 0 Å². The van der Waals surface area contributed by atoms with Crippen molar-refractivity contribution in [2.24, 2.45) is 0 Å². The SMILES string of the molecule is O=C(Nc1ccc(F)c(Nc2nccc(-c3ccc[nH]3)n2)c1)Nc1ccc(Cl)c(C(F)(F)F)c1. The Bertz CT molecular complexity index is 1330. The van der Waals surface area contributed by atoms with Gasteiger partial charge in [0.2, 0.25) is 5.95 Å². The van der Waals surface area contributed by atoms with Gasteiger partial charge in [-0.15, -0.1) is 0 Å². The first-order chi connectivity index (χ1) is 16.2. The van der Waals surface area contributed by atoms with Gasteiger partial charge in [0, 0.05) is 23.8 Å². The van der Waals surface area contributed by atoms with Crippen molar-refractivity contribution in [2.45, 2.75) is 6.18 Å². The Morgan fingerprint density at radius 1 is 1.00 bits per heavy atom. The number of rotatable bonds is 5. The second-order valence-electron chi connectivity index (χ2n) is 6.94. The summed E-state index contributed by atoms with van der Waals surface area (Å²) < 4.78 is 53.4. The van der Waals surface area contributed by atoms with Crippen LogP contribution in [-0.2, 0) is 6.18 Å². The summed E-state index contributed by atoms with van der Waals surface area (Å²) in [6, 6.07) is 11.1. The molecule has 0 atom stereocenters. The summed E-state index contributed by atoms with van der Waals surface area (Å²) in [5.74, 6) is -0.513. The highest BCUT2D eigenvalue weighted by Gasteiger charge is 2.33. The first-order valence-electron chi connectivity index (χ1n) is 9.67. The molecule has 4 rings (SSSR count). The van der Waals surface area contributed by atoms with Crippen LogP contribution in [0.25, 0.3) is 11.4 Å². The number of aromatic nitrogens is 3. The zero-order valence-electron chi connectivity index (χ0n) is 17.0. The average molecular weight is 491 g/mol. The third-order valence-electron chi connectivity index (χ3n) is 4.53. The number of carbonyl (C=O) groups is 1. The van der Waals surface area contributed by atoms with Gasteiger partial charge in [-0.25, -0.2) is 19.2 Å². The maximum absolute atomic E-state index is 14.3. The maximum atomic E-state index is 14.3. The predicted molar refractivity (Wildman–Crippen MR) is 121 cm³/mol. The summed E-state index contributed by atoms with van der Waals surface area (Å²) in [4.78, 5) is 23.7. The molecule has 2 heterocycles. The van der Waals surface area contributed by atoms with Crippen LogP contribution in [0, 0.1) is 5.82 Å². The summed E-state index contributed by atoms with van der Waals surface area (Å²) >= 11 is 5.58. The topological polar surface area (TPSA) is 94.7 Å². The van der Waals surface area contributed by atoms with E-state index in [-0.39, 0.29) is 23.0 Å². The Morgan fingerprint density at radius 3 is 2.44 bits per heavy atom. The fraction of sp³-hybridized carbons (Fsp3) is 0.0455. The van der Waals surface area contributed by atoms with Gasteiger partial charge in [0.05, 0.1) is 27.7 Å². The average Bonchev–Trinajstić information content (AvgIpc) is 3.32. The molecular formula is C22H15ClF4N6O. The number of hydrogen-bond donors (Lipinski definition) is 4. The molecule has 0 spiro atoms. The second kappa shape index (κ2) is 9.40. The molecule has 0 radical (unpaired) electrons. The van der Waals surface area contributed by atoms with Crippen LogP contribution in [0.3, 0.4) is 0 Å². The number of aromatic amines is 1. The maximum Gasteiger partial charge on any atom is 0.417 e. The van der Waals surface area contributed by atoms with Crippen LogP contribution in [-0.4, -0.2) is 21.0 Å². The number of halogens is 5. The summed E-state index contributed by atoms with van der Waals surface area (Å²) in [5, 5.41) is 6.97. The quantitative estimate of drug-likeness (QED) is 0.235. The summed E-state index contributed by atoms with van der Waals surface area (Å²) in [6.07, 6.45) is -1.44. The van der Waals surface area contributed by atoms with Crippen LogP contribution >= 0.6 is 11.6 Å². The van der Waals surface area contributed by atoms with E-state index in [1.54, 1.807) is 18.3 Å². The van der Waals surface area contributed by atoms with Crippen LogP contribution in [0.2, 0.25) is 5.02 Å². The minimum absolute atomic E-state index is 0.0210. The van der Waals surface area contributed by atoms with Crippen molar-refractivity contribution in [3.63, 3.8) is 0 Å². The van der Waals surface area contributed by atoms with Crippen molar-refractivity contribution in [3.05, 3.63) is 83.4 Å². The highest BCUT2D eigenvalue weighted by Crippen LogP contribution is 2.36. The number of hydrogen-bond acceptors (Lipinski definition) is 4. The van der Waals surface area contributed by atoms with E-state index in [0.29, 0.717) is 11.8 Å². The molecule has 0 fully saturated rings. The van der Waals surface area contributed by atoms with Crippen LogP contribution in [0.4, 0.5) is 45.4 Å². The van der Waals surface area contributed by atoms with Crippen LogP contribution < -0.4 is 16.0 Å². The molecular weight excluding hydrogens is 476 g/mol. The molecule has 2 aromatic carbocycles. The molecule has 4 aromatic rings. The number of nitrogens with one attached hydrogen (secondary N) is 4. The van der Waals surface area contributed by atoms with Crippen molar-refractivity contribution >= 4 is 40.6 Å². The van der Waals surface area contributed by atoms with E-state index in [9.17, 15) is 22.4 Å². The number of amides is 2. The summed E-state index contributed by atoms with van der Waals surface area (Å²) in [5.41, 5.74) is 0.275. The van der Waals surface area contributed by atoms with Gasteiger partial charge in [0.15, 0.2) is 0 Å². The molecule has 2 aromatic heterocycles. The molecule has 4 N–H and O–H groups in total. The third-order valence-corrected chi connectivity index (χ3v) is 4.86. The number of carbonyl (C=O) groups excluding carboxylic acids is 1. The molecule has 0 bridgehead atoms. The van der Waals surface area contributed by atoms with E-state index in [0.717, 1.165) is 17.8 Å². The first kappa shape index (κ1) is 23.1. The molecule has 34 heavy (non-hydrogen) atoms. The normalized spacial score (nSPS) is 11.2. The molecule has 0 unspecified atom stereocenters. The Hall–Kier alpha value is -4.12. The van der Waals surface area contributed by atoms with Gasteiger partial charge in [-0.2, -0.15) is 13.2 Å². The lowest BCUT2D eigenvalue weighted by Crippen LogP contribution is -2.20. The summed E-state index contributed by atoms with van der Waals surface area (Å²) in [6.45, 7) is 0. The number of H-pyrrole nitrogens is 1. The van der Waals surface area contributed by atoms with E-state index in [4.69, 9.17) is 11.6 Å². The fourth-order valence-corrected chi connectivity index (χ4v) is 3.22. The van der Waals surface area contributed by atoms with Gasteiger partial charge < -0.3 is 20.9 Å². The minimum atomic E-state index is -4.68. The van der Waals surface area contributed by atoms with Gasteiger partial charge in [-0.05, 0) is 54.6 Å². The highest BCUT2D eigenvalue weighted by atomic mass is 35.5. The van der Waals surface area contributed by atoms with E-state index >= 15 is 0 Å².